The van der Waals surface area contributed by atoms with E-state index in [-0.39, 0.29) is 6.04 Å². The summed E-state index contributed by atoms with van der Waals surface area (Å²) in [5.74, 6) is 1.25. The maximum atomic E-state index is 12.6. The molecule has 0 saturated heterocycles. The smallest absolute Gasteiger partial charge is 0.314 e. The van der Waals surface area contributed by atoms with Crippen LogP contribution in [0.25, 0.3) is 5.69 Å². The Hall–Kier alpha value is -1.99. The van der Waals surface area contributed by atoms with Crippen molar-refractivity contribution in [3.8, 4) is 5.69 Å². The fourth-order valence-electron chi connectivity index (χ4n) is 3.87. The second kappa shape index (κ2) is 8.17. The van der Waals surface area contributed by atoms with Gasteiger partial charge in [0.05, 0.1) is 11.4 Å². The fraction of sp³-hybridized carbons (Fsp3) is 0.450. The minimum absolute atomic E-state index is 0.0612. The third-order valence-electron chi connectivity index (χ3n) is 5.47. The van der Waals surface area contributed by atoms with Gasteiger partial charge in [-0.25, -0.2) is 4.68 Å². The van der Waals surface area contributed by atoms with E-state index in [4.69, 9.17) is 11.6 Å². The number of fused-ring (bicyclic) bond motifs is 1. The van der Waals surface area contributed by atoms with Crippen molar-refractivity contribution in [1.29, 1.82) is 0 Å². The van der Waals surface area contributed by atoms with Crippen molar-refractivity contribution in [1.82, 2.24) is 15.1 Å². The third-order valence-corrected chi connectivity index (χ3v) is 6.68. The lowest BCUT2D eigenvalue weighted by Crippen LogP contribution is -2.46. The topological polar surface area (TPSA) is 76.0 Å². The largest absolute Gasteiger partial charge is 0.345 e. The molecule has 2 amide bonds. The second-order valence-corrected chi connectivity index (χ2v) is 8.88. The van der Waals surface area contributed by atoms with Gasteiger partial charge in [-0.15, -0.1) is 0 Å². The molecule has 2 aromatic rings. The Morgan fingerprint density at radius 3 is 2.82 bits per heavy atom. The first-order chi connectivity index (χ1) is 13.5. The summed E-state index contributed by atoms with van der Waals surface area (Å²) in [6, 6.07) is 7.35. The van der Waals surface area contributed by atoms with Crippen LogP contribution in [0.5, 0.6) is 0 Å². The number of aromatic nitrogens is 2. The van der Waals surface area contributed by atoms with Crippen molar-refractivity contribution in [2.75, 3.05) is 5.32 Å². The summed E-state index contributed by atoms with van der Waals surface area (Å²) in [5.41, 5.74) is 2.65. The van der Waals surface area contributed by atoms with E-state index < -0.39 is 11.8 Å². The molecular weight excluding hydrogens is 396 g/mol. The predicted molar refractivity (Wildman–Crippen MR) is 112 cm³/mol. The number of carbonyl (C=O) groups excluding carboxylic acids is 2. The molecule has 1 aromatic heterocycles. The number of halogens is 1. The molecule has 1 aliphatic carbocycles. The van der Waals surface area contributed by atoms with Gasteiger partial charge in [-0.3, -0.25) is 9.59 Å². The van der Waals surface area contributed by atoms with E-state index in [2.05, 4.69) is 22.7 Å². The van der Waals surface area contributed by atoms with E-state index in [9.17, 15) is 9.59 Å². The minimum atomic E-state index is -0.652. The highest BCUT2D eigenvalue weighted by atomic mass is 35.5. The average Bonchev–Trinajstić information content (AvgIpc) is 3.26. The van der Waals surface area contributed by atoms with Gasteiger partial charge < -0.3 is 10.6 Å². The number of rotatable bonds is 3. The number of hydrogen-bond acceptors (Lipinski definition) is 4. The first-order valence-corrected chi connectivity index (χ1v) is 11.1. The monoisotopic (exact) mass is 418 g/mol. The van der Waals surface area contributed by atoms with Gasteiger partial charge in [-0.2, -0.15) is 16.9 Å². The van der Waals surface area contributed by atoms with Gasteiger partial charge in [0.25, 0.3) is 0 Å². The molecule has 2 atom stereocenters. The van der Waals surface area contributed by atoms with E-state index in [1.54, 1.807) is 28.6 Å². The number of benzene rings is 1. The van der Waals surface area contributed by atoms with Crippen LogP contribution in [-0.4, -0.2) is 27.6 Å². The summed E-state index contributed by atoms with van der Waals surface area (Å²) < 4.78 is 1.67. The Balaban J connectivity index is 1.55. The highest BCUT2D eigenvalue weighted by molar-refractivity contribution is 7.98. The highest BCUT2D eigenvalue weighted by Crippen LogP contribution is 2.36. The summed E-state index contributed by atoms with van der Waals surface area (Å²) in [4.78, 5) is 25.1. The van der Waals surface area contributed by atoms with E-state index >= 15 is 0 Å². The number of thioether (sulfide) groups is 1. The fourth-order valence-corrected chi connectivity index (χ4v) is 5.08. The number of amides is 2. The molecule has 0 radical (unpaired) electrons. The van der Waals surface area contributed by atoms with Gasteiger partial charge in [0, 0.05) is 28.1 Å². The molecule has 2 aliphatic rings. The van der Waals surface area contributed by atoms with Crippen LogP contribution in [0.15, 0.2) is 24.3 Å². The van der Waals surface area contributed by atoms with Crippen molar-refractivity contribution in [3.63, 3.8) is 0 Å². The van der Waals surface area contributed by atoms with Gasteiger partial charge in [0.2, 0.25) is 0 Å². The van der Waals surface area contributed by atoms with Gasteiger partial charge in [0.15, 0.2) is 0 Å². The van der Waals surface area contributed by atoms with Crippen LogP contribution < -0.4 is 10.6 Å². The quantitative estimate of drug-likeness (QED) is 0.741. The summed E-state index contributed by atoms with van der Waals surface area (Å²) in [5, 5.41) is 10.9. The lowest BCUT2D eigenvalue weighted by Gasteiger charge is -2.29. The molecule has 1 aliphatic heterocycles. The number of nitrogens with zero attached hydrogens (tertiary/aromatic N) is 2. The number of hydrogen-bond donors (Lipinski definition) is 2. The molecule has 28 heavy (non-hydrogen) atoms. The van der Waals surface area contributed by atoms with E-state index in [1.807, 2.05) is 12.1 Å². The molecular formula is C20H23ClN4O2S. The molecule has 4 rings (SSSR count). The number of anilines is 1. The molecule has 6 nitrogen and oxygen atoms in total. The molecule has 0 unspecified atom stereocenters. The van der Waals surface area contributed by atoms with Crippen LogP contribution >= 0.6 is 23.4 Å². The molecule has 0 spiro atoms. The lowest BCUT2D eigenvalue weighted by molar-refractivity contribution is -0.137. The minimum Gasteiger partial charge on any atom is -0.345 e. The molecule has 0 bridgehead atoms. The van der Waals surface area contributed by atoms with E-state index in [0.29, 0.717) is 16.8 Å². The first kappa shape index (κ1) is 19.3. The SMILES string of the molecule is C[C@H]1CCCC[C@@H]1NC(=O)C(=O)Nc1c2c(nn1-c1cccc(Cl)c1)CSC2. The van der Waals surface area contributed by atoms with Crippen LogP contribution in [0.1, 0.15) is 43.9 Å². The van der Waals surface area contributed by atoms with E-state index in [1.165, 1.54) is 6.42 Å². The zero-order valence-electron chi connectivity index (χ0n) is 15.7. The summed E-state index contributed by atoms with van der Waals surface area (Å²) >= 11 is 7.86. The first-order valence-electron chi connectivity index (χ1n) is 9.59. The van der Waals surface area contributed by atoms with Crippen molar-refractivity contribution < 1.29 is 9.59 Å². The molecule has 2 heterocycles. The average molecular weight is 419 g/mol. The van der Waals surface area contributed by atoms with Crippen molar-refractivity contribution >= 4 is 41.0 Å². The number of nitrogens with one attached hydrogen (secondary N) is 2. The second-order valence-electron chi connectivity index (χ2n) is 7.45. The molecule has 1 fully saturated rings. The Bertz CT molecular complexity index is 914. The Morgan fingerprint density at radius 2 is 2.04 bits per heavy atom. The maximum Gasteiger partial charge on any atom is 0.314 e. The Kier molecular flexibility index (Phi) is 5.64. The van der Waals surface area contributed by atoms with Crippen LogP contribution in [0.3, 0.4) is 0 Å². The summed E-state index contributed by atoms with van der Waals surface area (Å²) in [7, 11) is 0. The van der Waals surface area contributed by atoms with Gasteiger partial charge in [-0.1, -0.05) is 37.4 Å². The van der Waals surface area contributed by atoms with E-state index in [0.717, 1.165) is 47.7 Å². The van der Waals surface area contributed by atoms with Crippen molar-refractivity contribution in [3.05, 3.63) is 40.5 Å². The Morgan fingerprint density at radius 1 is 1.21 bits per heavy atom. The molecule has 2 N–H and O–H groups in total. The van der Waals surface area contributed by atoms with Gasteiger partial charge >= 0.3 is 11.8 Å². The normalized spacial score (nSPS) is 21.2. The standard InChI is InChI=1S/C20H23ClN4O2S/c1-12-5-2-3-8-16(12)22-19(26)20(27)23-18-15-10-28-11-17(15)24-25(18)14-7-4-6-13(21)9-14/h4,6-7,9,12,16H,2-3,5,8,10-11H2,1H3,(H,22,26)(H,23,27)/t12-,16-/m0/s1. The van der Waals surface area contributed by atoms with Crippen LogP contribution in [-0.2, 0) is 21.1 Å². The summed E-state index contributed by atoms with van der Waals surface area (Å²) in [6.07, 6.45) is 4.27. The third kappa shape index (κ3) is 3.91. The molecule has 148 valence electrons. The lowest BCUT2D eigenvalue weighted by atomic mass is 9.86. The van der Waals surface area contributed by atoms with Crippen molar-refractivity contribution in [2.24, 2.45) is 5.92 Å². The molecule has 1 aromatic carbocycles. The van der Waals surface area contributed by atoms with Crippen LogP contribution in [0.4, 0.5) is 5.82 Å². The highest BCUT2D eigenvalue weighted by Gasteiger charge is 2.29. The van der Waals surface area contributed by atoms with Crippen molar-refractivity contribution in [2.45, 2.75) is 50.2 Å². The number of carbonyl (C=O) groups is 2. The zero-order valence-corrected chi connectivity index (χ0v) is 17.3. The molecule has 1 saturated carbocycles. The zero-order chi connectivity index (χ0) is 19.7. The van der Waals surface area contributed by atoms with Crippen LogP contribution in [0.2, 0.25) is 5.02 Å². The predicted octanol–water partition coefficient (Wildman–Crippen LogP) is 3.91. The molecule has 8 heteroatoms. The van der Waals surface area contributed by atoms with Crippen LogP contribution in [0, 0.1) is 5.92 Å². The maximum absolute atomic E-state index is 12.6. The van der Waals surface area contributed by atoms with Gasteiger partial charge in [-0.05, 0) is 37.0 Å². The Labute approximate surface area is 173 Å². The van der Waals surface area contributed by atoms with Gasteiger partial charge in [0.1, 0.15) is 5.82 Å². The summed E-state index contributed by atoms with van der Waals surface area (Å²) in [6.45, 7) is 2.13.